The lowest BCUT2D eigenvalue weighted by Gasteiger charge is -2.38. The second-order valence-corrected chi connectivity index (χ2v) is 17.2. The Morgan fingerprint density at radius 3 is 2.40 bits per heavy atom. The number of carbonyl (C=O) groups is 6. The fraction of sp³-hybridized carbons (Fsp3) is 0.375. The number of carbonyl (C=O) groups excluding carboxylic acids is 6. The van der Waals surface area contributed by atoms with E-state index in [-0.39, 0.29) is 57.4 Å². The summed E-state index contributed by atoms with van der Waals surface area (Å²) in [5, 5.41) is 5.45. The van der Waals surface area contributed by atoms with Gasteiger partial charge in [-0.2, -0.15) is 0 Å². The molecule has 6 amide bonds. The number of hydrogen-bond acceptors (Lipinski definition) is 10. The number of unbranched alkanes of at least 4 members (excludes halogenated alkanes) is 3. The first-order valence-corrected chi connectivity index (χ1v) is 20.5. The number of rotatable bonds is 11. The number of amides is 6. The zero-order valence-corrected chi connectivity index (χ0v) is 32.9. The van der Waals surface area contributed by atoms with E-state index in [4.69, 9.17) is 4.74 Å². The molecule has 7 rings (SSSR count). The topological polar surface area (TPSA) is 214 Å². The summed E-state index contributed by atoms with van der Waals surface area (Å²) in [4.78, 5) is 95.5. The number of H-pyrrole nitrogens is 1. The van der Waals surface area contributed by atoms with Crippen LogP contribution in [0.5, 0.6) is 5.75 Å². The van der Waals surface area contributed by atoms with Gasteiger partial charge in [0, 0.05) is 56.0 Å². The highest BCUT2D eigenvalue weighted by Gasteiger charge is 2.45. The highest BCUT2D eigenvalue weighted by atomic mass is 32.2. The maximum atomic E-state index is 13.4. The third kappa shape index (κ3) is 7.00. The van der Waals surface area contributed by atoms with Crippen molar-refractivity contribution >= 4 is 61.9 Å². The van der Waals surface area contributed by atoms with Crippen LogP contribution in [0.3, 0.4) is 0 Å². The highest BCUT2D eigenvalue weighted by molar-refractivity contribution is 7.90. The standard InChI is InChI=1S/C40H42N6O10S/c1-40(2)39(53)45(4)29-18-22(57(5,54)55)17-25(33(29)56-40)26-20-44(3)38(52)32-24(26)19-27(42-32)34(48)41-16-9-7-6-8-11-21-12-10-13-23-31(21)37(51)46(36(23)50)28-14-15-30(47)43-35(28)49/h10,12-13,17-20,28,42H,6-9,11,14-16H2,1-5H3,(H,41,48)(H,43,47,49). The quantitative estimate of drug-likeness (QED) is 0.149. The van der Waals surface area contributed by atoms with Gasteiger partial charge in [-0.3, -0.25) is 43.8 Å². The first-order chi connectivity index (χ1) is 26.9. The minimum Gasteiger partial charge on any atom is -0.475 e. The number of nitrogens with one attached hydrogen (secondary N) is 3. The monoisotopic (exact) mass is 798 g/mol. The van der Waals surface area contributed by atoms with Crippen LogP contribution in [0.1, 0.15) is 89.1 Å². The molecule has 3 N–H and O–H groups in total. The number of sulfone groups is 1. The van der Waals surface area contributed by atoms with Crippen LogP contribution < -0.4 is 25.8 Å². The molecule has 0 aliphatic carbocycles. The lowest BCUT2D eigenvalue weighted by Crippen LogP contribution is -2.54. The van der Waals surface area contributed by atoms with Gasteiger partial charge in [0.15, 0.2) is 21.2 Å². The van der Waals surface area contributed by atoms with Gasteiger partial charge in [0.2, 0.25) is 11.8 Å². The molecule has 298 valence electrons. The first kappa shape index (κ1) is 39.1. The van der Waals surface area contributed by atoms with E-state index < -0.39 is 56.6 Å². The SMILES string of the molecule is CN1C(=O)C(C)(C)Oc2c(-c3cn(C)c(=O)c4[nH]c(C(=O)NCCCCCCc5cccc6c5C(=O)N(C5CCC(=O)NC5=O)C6=O)cc34)cc(S(C)(=O)=O)cc21. The molecule has 1 unspecified atom stereocenters. The van der Waals surface area contributed by atoms with Crippen molar-refractivity contribution < 1.29 is 41.9 Å². The number of pyridine rings is 1. The van der Waals surface area contributed by atoms with Crippen molar-refractivity contribution in [3.8, 4) is 16.9 Å². The number of hydrogen-bond donors (Lipinski definition) is 3. The molecular weight excluding hydrogens is 757 g/mol. The Morgan fingerprint density at radius 1 is 0.947 bits per heavy atom. The summed E-state index contributed by atoms with van der Waals surface area (Å²) >= 11 is 0. The number of aromatic amines is 1. The molecule has 3 aliphatic heterocycles. The second-order valence-electron chi connectivity index (χ2n) is 15.2. The number of aryl methyl sites for hydroxylation is 2. The highest BCUT2D eigenvalue weighted by Crippen LogP contribution is 2.47. The maximum absolute atomic E-state index is 13.4. The third-order valence-electron chi connectivity index (χ3n) is 10.7. The molecular formula is C40H42N6O10S. The fourth-order valence-electron chi connectivity index (χ4n) is 7.73. The van der Waals surface area contributed by atoms with E-state index in [2.05, 4.69) is 15.6 Å². The van der Waals surface area contributed by atoms with E-state index in [1.807, 2.05) is 0 Å². The molecule has 16 nitrogen and oxygen atoms in total. The number of aromatic nitrogens is 2. The molecule has 1 fully saturated rings. The van der Waals surface area contributed by atoms with Crippen LogP contribution in [0, 0.1) is 0 Å². The predicted molar refractivity (Wildman–Crippen MR) is 208 cm³/mol. The Kier molecular flexibility index (Phi) is 9.92. The average molecular weight is 799 g/mol. The fourth-order valence-corrected chi connectivity index (χ4v) is 8.38. The van der Waals surface area contributed by atoms with Crippen molar-refractivity contribution in [2.45, 2.75) is 75.3 Å². The van der Waals surface area contributed by atoms with Crippen LogP contribution in [0.15, 0.2) is 52.3 Å². The Labute approximate surface area is 327 Å². The number of benzene rings is 2. The number of nitrogens with zero attached hydrogens (tertiary/aromatic N) is 3. The molecule has 5 heterocycles. The predicted octanol–water partition coefficient (Wildman–Crippen LogP) is 3.00. The van der Waals surface area contributed by atoms with Crippen molar-refractivity contribution in [1.29, 1.82) is 0 Å². The summed E-state index contributed by atoms with van der Waals surface area (Å²) in [5.41, 5.74) is 0.815. The molecule has 17 heteroatoms. The number of ether oxygens (including phenoxy) is 1. The van der Waals surface area contributed by atoms with Crippen LogP contribution >= 0.6 is 0 Å². The van der Waals surface area contributed by atoms with Gasteiger partial charge >= 0.3 is 0 Å². The molecule has 2 aromatic heterocycles. The maximum Gasteiger partial charge on any atom is 0.274 e. The van der Waals surface area contributed by atoms with Gasteiger partial charge < -0.3 is 24.5 Å². The number of piperidine rings is 1. The van der Waals surface area contributed by atoms with Gasteiger partial charge in [0.1, 0.15) is 17.3 Å². The van der Waals surface area contributed by atoms with E-state index in [1.165, 1.54) is 41.8 Å². The van der Waals surface area contributed by atoms with Gasteiger partial charge in [-0.25, -0.2) is 8.42 Å². The summed E-state index contributed by atoms with van der Waals surface area (Å²) in [6.07, 6.45) is 6.10. The van der Waals surface area contributed by atoms with Gasteiger partial charge in [0.25, 0.3) is 29.2 Å². The molecule has 3 aliphatic rings. The summed E-state index contributed by atoms with van der Waals surface area (Å²) in [6, 6.07) is 8.40. The van der Waals surface area contributed by atoms with Gasteiger partial charge in [-0.1, -0.05) is 25.0 Å². The van der Waals surface area contributed by atoms with E-state index >= 15 is 0 Å². The smallest absolute Gasteiger partial charge is 0.274 e. The van der Waals surface area contributed by atoms with Crippen molar-refractivity contribution in [3.05, 3.63) is 75.3 Å². The normalized spacial score (nSPS) is 17.8. The zero-order chi connectivity index (χ0) is 41.1. The average Bonchev–Trinajstić information content (AvgIpc) is 3.71. The van der Waals surface area contributed by atoms with Crippen molar-refractivity contribution in [3.63, 3.8) is 0 Å². The zero-order valence-electron chi connectivity index (χ0n) is 32.1. The summed E-state index contributed by atoms with van der Waals surface area (Å²) in [5.74, 6) is -2.73. The molecule has 57 heavy (non-hydrogen) atoms. The van der Waals surface area contributed by atoms with Crippen LogP contribution in [-0.2, 0) is 37.7 Å². The lowest BCUT2D eigenvalue weighted by molar-refractivity contribution is -0.136. The number of anilines is 1. The molecule has 1 atom stereocenters. The minimum atomic E-state index is -3.75. The van der Waals surface area contributed by atoms with E-state index in [0.717, 1.165) is 24.0 Å². The van der Waals surface area contributed by atoms with Gasteiger partial charge in [-0.15, -0.1) is 0 Å². The largest absolute Gasteiger partial charge is 0.475 e. The van der Waals surface area contributed by atoms with Gasteiger partial charge in [0.05, 0.1) is 21.7 Å². The Hall–Kier alpha value is -6.10. The van der Waals surface area contributed by atoms with E-state index in [0.29, 0.717) is 47.9 Å². The van der Waals surface area contributed by atoms with E-state index in [9.17, 15) is 42.0 Å². The van der Waals surface area contributed by atoms with Crippen LogP contribution in [0.4, 0.5) is 5.69 Å². The van der Waals surface area contributed by atoms with Crippen LogP contribution in [-0.4, -0.2) is 89.8 Å². The van der Waals surface area contributed by atoms with Crippen LogP contribution in [0.25, 0.3) is 22.0 Å². The second kappa shape index (κ2) is 14.4. The molecule has 2 aromatic carbocycles. The van der Waals surface area contributed by atoms with Crippen molar-refractivity contribution in [2.24, 2.45) is 7.05 Å². The van der Waals surface area contributed by atoms with Crippen molar-refractivity contribution in [2.75, 3.05) is 24.7 Å². The number of likely N-dealkylation sites (N-methyl/N-ethyl adjacent to an activating group) is 1. The third-order valence-corrected chi connectivity index (χ3v) is 11.8. The molecule has 0 spiro atoms. The number of imide groups is 2. The molecule has 0 bridgehead atoms. The lowest BCUT2D eigenvalue weighted by atomic mass is 9.97. The van der Waals surface area contributed by atoms with Crippen molar-refractivity contribution in [1.82, 2.24) is 25.1 Å². The van der Waals surface area contributed by atoms with E-state index in [1.54, 1.807) is 38.2 Å². The Bertz CT molecular complexity index is 2610. The molecule has 1 saturated heterocycles. The first-order valence-electron chi connectivity index (χ1n) is 18.6. The summed E-state index contributed by atoms with van der Waals surface area (Å²) in [6.45, 7) is 3.55. The molecule has 0 saturated carbocycles. The molecule has 4 aromatic rings. The Morgan fingerprint density at radius 2 is 1.68 bits per heavy atom. The Balaban J connectivity index is 1.02. The van der Waals surface area contributed by atoms with Gasteiger partial charge in [-0.05, 0) is 69.4 Å². The summed E-state index contributed by atoms with van der Waals surface area (Å²) < 4.78 is 33.1. The summed E-state index contributed by atoms with van der Waals surface area (Å²) in [7, 11) is -0.670. The number of fused-ring (bicyclic) bond motifs is 3. The minimum absolute atomic E-state index is 0.0444. The molecule has 0 radical (unpaired) electrons. The van der Waals surface area contributed by atoms with Crippen LogP contribution in [0.2, 0.25) is 0 Å².